The van der Waals surface area contributed by atoms with Crippen molar-refractivity contribution < 1.29 is 10.2 Å². The minimum Gasteiger partial charge on any atom is -0.393 e. The van der Waals surface area contributed by atoms with Crippen LogP contribution in [0.1, 0.15) is 12.8 Å². The predicted octanol–water partition coefficient (Wildman–Crippen LogP) is 0.978. The van der Waals surface area contributed by atoms with Crippen LogP contribution in [0.4, 0.5) is 0 Å². The van der Waals surface area contributed by atoms with Crippen LogP contribution in [0.2, 0.25) is 0 Å². The SMILES string of the molecule is O[C@@H]1[C@H]2[C@H]3[C@H](O)[C@H]4[C@@H]5C6C7[C@@H]4CC[C@@H]7[C@@H]1[C@@H]6[C@H]2[C@@H]53. The second-order valence-corrected chi connectivity index (χ2v) is 8.66. The minimum absolute atomic E-state index is 0.0371. The van der Waals surface area contributed by atoms with Crippen LogP contribution in [-0.2, 0) is 0 Å². The van der Waals surface area contributed by atoms with Gasteiger partial charge in [0.1, 0.15) is 0 Å². The van der Waals surface area contributed by atoms with Gasteiger partial charge >= 0.3 is 0 Å². The molecule has 0 aromatic carbocycles. The van der Waals surface area contributed by atoms with Gasteiger partial charge in [-0.05, 0) is 83.9 Å². The van der Waals surface area contributed by atoms with E-state index in [-0.39, 0.29) is 12.2 Å². The van der Waals surface area contributed by atoms with Crippen molar-refractivity contribution >= 4 is 0 Å². The van der Waals surface area contributed by atoms with E-state index in [0.29, 0.717) is 23.7 Å². The van der Waals surface area contributed by atoms with Crippen molar-refractivity contribution in [2.24, 2.45) is 71.0 Å². The summed E-state index contributed by atoms with van der Waals surface area (Å²) in [5.74, 6) is 9.38. The Kier molecular flexibility index (Phi) is 1.11. The maximum atomic E-state index is 10.8. The monoisotopic (exact) mass is 244 g/mol. The largest absolute Gasteiger partial charge is 0.393 e. The fraction of sp³-hybridized carbons (Fsp3) is 1.00. The number of hydrogen-bond donors (Lipinski definition) is 2. The summed E-state index contributed by atoms with van der Waals surface area (Å²) in [6.07, 6.45) is 2.67. The summed E-state index contributed by atoms with van der Waals surface area (Å²) in [6, 6.07) is 0. The summed E-state index contributed by atoms with van der Waals surface area (Å²) in [5, 5.41) is 21.6. The molecule has 0 aromatic rings. The van der Waals surface area contributed by atoms with Crippen molar-refractivity contribution in [1.29, 1.82) is 0 Å². The third-order valence-electron chi connectivity index (χ3n) is 9.28. The summed E-state index contributed by atoms with van der Waals surface area (Å²) in [4.78, 5) is 0. The Morgan fingerprint density at radius 1 is 0.444 bits per heavy atom. The molecule has 18 heavy (non-hydrogen) atoms. The summed E-state index contributed by atoms with van der Waals surface area (Å²) in [6.45, 7) is 0. The third-order valence-corrected chi connectivity index (χ3v) is 9.28. The summed E-state index contributed by atoms with van der Waals surface area (Å²) >= 11 is 0. The highest BCUT2D eigenvalue weighted by Gasteiger charge is 2.86. The maximum absolute atomic E-state index is 10.8. The van der Waals surface area contributed by atoms with Crippen LogP contribution in [-0.4, -0.2) is 22.4 Å². The molecule has 2 unspecified atom stereocenters. The average Bonchev–Trinajstić information content (AvgIpc) is 2.98. The van der Waals surface area contributed by atoms with Gasteiger partial charge in [0.15, 0.2) is 0 Å². The van der Waals surface area contributed by atoms with E-state index >= 15 is 0 Å². The van der Waals surface area contributed by atoms with E-state index in [4.69, 9.17) is 0 Å². The van der Waals surface area contributed by atoms with Gasteiger partial charge in [-0.2, -0.15) is 0 Å². The molecule has 0 amide bonds. The first-order valence-electron chi connectivity index (χ1n) is 8.17. The number of aliphatic hydroxyl groups is 2. The maximum Gasteiger partial charge on any atom is 0.0608 e. The van der Waals surface area contributed by atoms with Crippen molar-refractivity contribution in [1.82, 2.24) is 0 Å². The lowest BCUT2D eigenvalue weighted by Crippen LogP contribution is -2.49. The Bertz CT molecular complexity index is 431. The zero-order chi connectivity index (χ0) is 11.5. The average molecular weight is 244 g/mol. The highest BCUT2D eigenvalue weighted by Crippen LogP contribution is 2.87. The predicted molar refractivity (Wildman–Crippen MR) is 63.1 cm³/mol. The Morgan fingerprint density at radius 3 is 1.33 bits per heavy atom. The summed E-state index contributed by atoms with van der Waals surface area (Å²) in [7, 11) is 0. The fourth-order valence-electron chi connectivity index (χ4n) is 9.73. The van der Waals surface area contributed by atoms with E-state index in [0.717, 1.165) is 47.3 Å². The molecule has 7 aliphatic rings. The van der Waals surface area contributed by atoms with Crippen molar-refractivity contribution in [3.05, 3.63) is 0 Å². The van der Waals surface area contributed by atoms with Crippen LogP contribution in [0.15, 0.2) is 0 Å². The van der Waals surface area contributed by atoms with Crippen LogP contribution >= 0.6 is 0 Å². The topological polar surface area (TPSA) is 40.5 Å². The molecule has 7 aliphatic carbocycles. The van der Waals surface area contributed by atoms with Gasteiger partial charge in [0.25, 0.3) is 0 Å². The van der Waals surface area contributed by atoms with E-state index in [1.54, 1.807) is 0 Å². The molecular formula is C16H20O2. The highest BCUT2D eigenvalue weighted by atomic mass is 16.3. The van der Waals surface area contributed by atoms with Gasteiger partial charge < -0.3 is 10.2 Å². The number of hydrogen-bond acceptors (Lipinski definition) is 2. The molecule has 0 aliphatic heterocycles. The molecule has 0 saturated heterocycles. The molecule has 0 spiro atoms. The minimum atomic E-state index is -0.0371. The van der Waals surface area contributed by atoms with E-state index in [2.05, 4.69) is 0 Å². The summed E-state index contributed by atoms with van der Waals surface area (Å²) < 4.78 is 0. The molecule has 2 N–H and O–H groups in total. The molecule has 96 valence electrons. The molecule has 7 rings (SSSR count). The number of rotatable bonds is 0. The quantitative estimate of drug-likeness (QED) is 0.667. The van der Waals surface area contributed by atoms with E-state index in [9.17, 15) is 10.2 Å². The molecule has 2 nitrogen and oxygen atoms in total. The Labute approximate surface area is 107 Å². The van der Waals surface area contributed by atoms with Gasteiger partial charge in [0.2, 0.25) is 0 Å². The molecule has 0 heterocycles. The number of aliphatic hydroxyl groups excluding tert-OH is 2. The van der Waals surface area contributed by atoms with E-state index in [1.165, 1.54) is 12.8 Å². The van der Waals surface area contributed by atoms with Crippen molar-refractivity contribution in [2.45, 2.75) is 25.0 Å². The van der Waals surface area contributed by atoms with Gasteiger partial charge in [-0.1, -0.05) is 0 Å². The van der Waals surface area contributed by atoms with Crippen molar-refractivity contribution in [3.63, 3.8) is 0 Å². The lowest BCUT2D eigenvalue weighted by Gasteiger charge is -2.47. The summed E-state index contributed by atoms with van der Waals surface area (Å²) in [5.41, 5.74) is 0. The molecule has 7 fully saturated rings. The first-order valence-corrected chi connectivity index (χ1v) is 8.17. The van der Waals surface area contributed by atoms with Crippen LogP contribution in [0.5, 0.6) is 0 Å². The standard InChI is InChI=1S/C16H20O2/c17-15-6-3-1-2-4-5(3)8-9(6)11-12-10(8)7(4)16(18)14(12)13(11)15/h3-18H,1-2H2/t3-,4-,5?,6+,7+,8?,9-,10+,11-,12+,13+,14-,15-,16+/m0/s1. The van der Waals surface area contributed by atoms with Crippen molar-refractivity contribution in [2.75, 3.05) is 0 Å². The molecular weight excluding hydrogens is 224 g/mol. The first-order chi connectivity index (χ1) is 8.80. The lowest BCUT2D eigenvalue weighted by molar-refractivity contribution is -0.0896. The highest BCUT2D eigenvalue weighted by molar-refractivity contribution is 5.33. The third kappa shape index (κ3) is 0.541. The molecule has 2 heteroatoms. The lowest BCUT2D eigenvalue weighted by atomic mass is 9.59. The zero-order valence-corrected chi connectivity index (χ0v) is 10.4. The zero-order valence-electron chi connectivity index (χ0n) is 10.4. The molecule has 0 radical (unpaired) electrons. The van der Waals surface area contributed by atoms with Gasteiger partial charge in [0, 0.05) is 0 Å². The molecule has 0 bridgehead atoms. The Hall–Kier alpha value is -0.0800. The smallest absolute Gasteiger partial charge is 0.0608 e. The molecule has 7 saturated carbocycles. The fourth-order valence-corrected chi connectivity index (χ4v) is 9.73. The van der Waals surface area contributed by atoms with Gasteiger partial charge in [-0.25, -0.2) is 0 Å². The van der Waals surface area contributed by atoms with E-state index in [1.807, 2.05) is 0 Å². The first kappa shape index (κ1) is 8.97. The number of fused-ring (bicyclic) bond motifs is 3. The van der Waals surface area contributed by atoms with Crippen LogP contribution in [0, 0.1) is 71.0 Å². The Morgan fingerprint density at radius 2 is 0.833 bits per heavy atom. The normalized spacial score (nSPS) is 87.0. The van der Waals surface area contributed by atoms with E-state index < -0.39 is 0 Å². The van der Waals surface area contributed by atoms with Gasteiger partial charge in [0.05, 0.1) is 12.2 Å². The second kappa shape index (κ2) is 2.22. The van der Waals surface area contributed by atoms with Crippen molar-refractivity contribution in [3.8, 4) is 0 Å². The van der Waals surface area contributed by atoms with Crippen LogP contribution in [0.25, 0.3) is 0 Å². The van der Waals surface area contributed by atoms with Crippen LogP contribution < -0.4 is 0 Å². The molecule has 0 aromatic heterocycles. The molecule has 14 atom stereocenters. The van der Waals surface area contributed by atoms with Gasteiger partial charge in [-0.3, -0.25) is 0 Å². The van der Waals surface area contributed by atoms with Gasteiger partial charge in [-0.15, -0.1) is 0 Å². The van der Waals surface area contributed by atoms with Crippen LogP contribution in [0.3, 0.4) is 0 Å². The second-order valence-electron chi connectivity index (χ2n) is 8.66. The Balaban J connectivity index is 1.58.